The van der Waals surface area contributed by atoms with Crippen LogP contribution in [0.5, 0.6) is 0 Å². The third-order valence-electron chi connectivity index (χ3n) is 2.43. The molecule has 0 saturated heterocycles. The summed E-state index contributed by atoms with van der Waals surface area (Å²) in [5, 5.41) is 2.68. The van der Waals surface area contributed by atoms with Crippen LogP contribution in [0.3, 0.4) is 0 Å². The van der Waals surface area contributed by atoms with Crippen molar-refractivity contribution < 1.29 is 14.9 Å². The predicted molar refractivity (Wildman–Crippen MR) is 49.8 cm³/mol. The van der Waals surface area contributed by atoms with Crippen LogP contribution in [0.2, 0.25) is 0 Å². The second-order valence-corrected chi connectivity index (χ2v) is 3.29. The van der Waals surface area contributed by atoms with Gasteiger partial charge in [0.1, 0.15) is 0 Å². The summed E-state index contributed by atoms with van der Waals surface area (Å²) in [7, 11) is 0. The summed E-state index contributed by atoms with van der Waals surface area (Å²) < 4.78 is 11.7. The number of carbonyl (C=O) groups excluding carboxylic acids is 1. The topological polar surface area (TPSA) is 56.7 Å². The lowest BCUT2D eigenvalue weighted by Gasteiger charge is -2.21. The number of carbonyl (C=O) groups is 1. The Morgan fingerprint density at radius 2 is 2.00 bits per heavy atom. The van der Waals surface area contributed by atoms with Crippen molar-refractivity contribution in [2.75, 3.05) is 13.2 Å². The largest absolute Gasteiger partial charge is 0.351 e. The first-order chi connectivity index (χ1) is 6.10. The summed E-state index contributed by atoms with van der Waals surface area (Å²) in [5.74, 6) is -0.0639. The maximum atomic E-state index is 11.7. The van der Waals surface area contributed by atoms with E-state index in [0.29, 0.717) is 25.8 Å². The van der Waals surface area contributed by atoms with Crippen molar-refractivity contribution in [3.05, 3.63) is 0 Å². The lowest BCUT2D eigenvalue weighted by molar-refractivity contribution is -0.459. The molecule has 0 saturated carbocycles. The Bertz CT molecular complexity index is 158. The van der Waals surface area contributed by atoms with Crippen LogP contribution in [0.25, 0.3) is 0 Å². The zero-order valence-electron chi connectivity index (χ0n) is 8.53. The highest BCUT2D eigenvalue weighted by Gasteiger charge is 2.33. The van der Waals surface area contributed by atoms with Gasteiger partial charge in [-0.05, 0) is 6.42 Å². The maximum Gasteiger partial charge on any atom is 0.281 e. The van der Waals surface area contributed by atoms with E-state index in [0.717, 1.165) is 0 Å². The Morgan fingerprint density at radius 1 is 1.46 bits per heavy atom. The smallest absolute Gasteiger partial charge is 0.281 e. The minimum absolute atomic E-state index is 0.0639. The van der Waals surface area contributed by atoms with Gasteiger partial charge in [0.15, 0.2) is 5.54 Å². The molecule has 0 aromatic heterocycles. The molecule has 0 heterocycles. The van der Waals surface area contributed by atoms with E-state index >= 15 is 0 Å². The van der Waals surface area contributed by atoms with Gasteiger partial charge in [-0.25, -0.2) is 0 Å². The minimum atomic E-state index is -0.531. The zero-order valence-corrected chi connectivity index (χ0v) is 8.53. The Hall–Kier alpha value is -0.640. The van der Waals surface area contributed by atoms with Crippen LogP contribution in [0, 0.1) is 0 Å². The van der Waals surface area contributed by atoms with Crippen LogP contribution < -0.4 is 11.1 Å². The predicted octanol–water partition coefficient (Wildman–Crippen LogP) is 0.263. The average molecular weight is 191 g/mol. The molecule has 0 bridgehead atoms. The first-order valence-corrected chi connectivity index (χ1v) is 4.80. The van der Waals surface area contributed by atoms with Gasteiger partial charge in [0.2, 0.25) is 0 Å². The first kappa shape index (κ1) is 12.4. The summed E-state index contributed by atoms with van der Waals surface area (Å²) in [6.07, 6.45) is 1.81. The first-order valence-electron chi connectivity index (χ1n) is 4.80. The Kier molecular flexibility index (Phi) is 5.62. The molecular weight excluding hydrogens is 171 g/mol. The van der Waals surface area contributed by atoms with E-state index in [-0.39, 0.29) is 12.6 Å². The molecule has 0 rings (SSSR count). The van der Waals surface area contributed by atoms with Gasteiger partial charge in [-0.1, -0.05) is 13.8 Å². The Morgan fingerprint density at radius 3 is 2.38 bits per heavy atom. The lowest BCUT2D eigenvalue weighted by atomic mass is 9.93. The Balaban J connectivity index is 3.92. The molecule has 13 heavy (non-hydrogen) atoms. The van der Waals surface area contributed by atoms with E-state index in [4.69, 9.17) is 0 Å². The van der Waals surface area contributed by atoms with E-state index in [1.54, 1.807) is 0 Å². The van der Waals surface area contributed by atoms with Crippen LogP contribution in [0.15, 0.2) is 0 Å². The lowest BCUT2D eigenvalue weighted by Crippen LogP contribution is -2.78. The molecule has 4 N–H and O–H groups in total. The van der Waals surface area contributed by atoms with Crippen molar-refractivity contribution in [2.45, 2.75) is 38.6 Å². The van der Waals surface area contributed by atoms with Gasteiger partial charge >= 0.3 is 0 Å². The quantitative estimate of drug-likeness (QED) is 0.581. The number of quaternary nitrogens is 1. The third-order valence-corrected chi connectivity index (χ3v) is 2.43. The summed E-state index contributed by atoms with van der Waals surface area (Å²) in [5.41, 5.74) is 3.35. The van der Waals surface area contributed by atoms with E-state index in [9.17, 15) is 9.18 Å². The van der Waals surface area contributed by atoms with Crippen LogP contribution in [0.4, 0.5) is 4.39 Å². The fourth-order valence-electron chi connectivity index (χ4n) is 1.03. The summed E-state index contributed by atoms with van der Waals surface area (Å²) in [6, 6.07) is 0. The van der Waals surface area contributed by atoms with Crippen LogP contribution in [-0.2, 0) is 4.79 Å². The van der Waals surface area contributed by atoms with E-state index in [2.05, 4.69) is 11.1 Å². The van der Waals surface area contributed by atoms with Gasteiger partial charge in [-0.3, -0.25) is 9.18 Å². The summed E-state index contributed by atoms with van der Waals surface area (Å²) in [4.78, 5) is 11.5. The van der Waals surface area contributed by atoms with Crippen molar-refractivity contribution in [2.24, 2.45) is 0 Å². The molecule has 0 aliphatic rings. The molecule has 0 aromatic carbocycles. The van der Waals surface area contributed by atoms with Crippen molar-refractivity contribution in [1.82, 2.24) is 5.32 Å². The molecule has 1 amide bonds. The van der Waals surface area contributed by atoms with Gasteiger partial charge in [-0.15, -0.1) is 0 Å². The van der Waals surface area contributed by atoms with E-state index in [1.165, 1.54) is 0 Å². The summed E-state index contributed by atoms with van der Waals surface area (Å²) >= 11 is 0. The van der Waals surface area contributed by atoms with Crippen molar-refractivity contribution >= 4 is 5.91 Å². The van der Waals surface area contributed by atoms with E-state index in [1.807, 2.05) is 13.8 Å². The molecule has 78 valence electrons. The molecule has 0 aromatic rings. The van der Waals surface area contributed by atoms with Crippen molar-refractivity contribution in [3.63, 3.8) is 0 Å². The maximum absolute atomic E-state index is 11.7. The highest BCUT2D eigenvalue weighted by molar-refractivity contribution is 5.84. The Labute approximate surface area is 78.9 Å². The monoisotopic (exact) mass is 191 g/mol. The number of alkyl halides is 1. The van der Waals surface area contributed by atoms with Crippen LogP contribution in [0.1, 0.15) is 33.1 Å². The normalized spacial score (nSPS) is 11.4. The fraction of sp³-hybridized carbons (Fsp3) is 0.889. The average Bonchev–Trinajstić information content (AvgIpc) is 2.17. The minimum Gasteiger partial charge on any atom is -0.351 e. The molecule has 0 aliphatic heterocycles. The SMILES string of the molecule is CCC([NH3+])(CC)C(=O)NCCCF. The van der Waals surface area contributed by atoms with Gasteiger partial charge in [0.05, 0.1) is 6.67 Å². The molecule has 0 fully saturated rings. The zero-order chi connectivity index (χ0) is 10.3. The van der Waals surface area contributed by atoms with Crippen LogP contribution >= 0.6 is 0 Å². The number of nitrogens with one attached hydrogen (secondary N) is 1. The standard InChI is InChI=1S/C9H19FN2O/c1-3-9(11,4-2)8(13)12-7-5-6-10/h3-7,11H2,1-2H3,(H,12,13)/p+1. The third kappa shape index (κ3) is 3.72. The number of amides is 1. The van der Waals surface area contributed by atoms with E-state index < -0.39 is 5.54 Å². The molecular formula is C9H20FN2O+. The van der Waals surface area contributed by atoms with Crippen molar-refractivity contribution in [1.29, 1.82) is 0 Å². The second-order valence-electron chi connectivity index (χ2n) is 3.29. The number of rotatable bonds is 6. The van der Waals surface area contributed by atoms with Crippen molar-refractivity contribution in [3.8, 4) is 0 Å². The second kappa shape index (κ2) is 5.91. The molecule has 0 spiro atoms. The highest BCUT2D eigenvalue weighted by atomic mass is 19.1. The summed E-state index contributed by atoms with van der Waals surface area (Å²) in [6.45, 7) is 3.89. The van der Waals surface area contributed by atoms with Gasteiger partial charge in [0.25, 0.3) is 5.91 Å². The molecule has 0 radical (unpaired) electrons. The number of halogens is 1. The molecule has 4 heteroatoms. The fourth-order valence-corrected chi connectivity index (χ4v) is 1.03. The van der Waals surface area contributed by atoms with Gasteiger partial charge < -0.3 is 11.1 Å². The molecule has 0 aliphatic carbocycles. The van der Waals surface area contributed by atoms with Gasteiger partial charge in [0, 0.05) is 19.4 Å². The molecule has 0 atom stereocenters. The molecule has 3 nitrogen and oxygen atoms in total. The number of hydrogen-bond acceptors (Lipinski definition) is 1. The molecule has 0 unspecified atom stereocenters. The number of hydrogen-bond donors (Lipinski definition) is 2. The van der Waals surface area contributed by atoms with Gasteiger partial charge in [-0.2, -0.15) is 0 Å². The highest BCUT2D eigenvalue weighted by Crippen LogP contribution is 2.08. The van der Waals surface area contributed by atoms with Crippen LogP contribution in [-0.4, -0.2) is 24.7 Å².